The number of likely N-dealkylation sites (N-methyl/N-ethyl adjacent to an activating group) is 1. The molecular weight excluding hydrogens is 286 g/mol. The van der Waals surface area contributed by atoms with Gasteiger partial charge in [0.15, 0.2) is 0 Å². The van der Waals surface area contributed by atoms with Gasteiger partial charge >= 0.3 is 0 Å². The van der Waals surface area contributed by atoms with E-state index in [2.05, 4.69) is 17.2 Å². The summed E-state index contributed by atoms with van der Waals surface area (Å²) in [7, 11) is 1.96. The number of pyridine rings is 1. The lowest BCUT2D eigenvalue weighted by atomic mass is 10.1. The van der Waals surface area contributed by atoms with Crippen molar-refractivity contribution in [1.82, 2.24) is 4.98 Å². The molecule has 1 unspecified atom stereocenters. The van der Waals surface area contributed by atoms with Gasteiger partial charge in [-0.3, -0.25) is 0 Å². The topological polar surface area (TPSA) is 48.4 Å². The Morgan fingerprint density at radius 3 is 2.62 bits per heavy atom. The standard InChI is InChI=1S/C16H20ClN3O/c1-12(13-7-8-18-16(17)11-13)19-14-3-5-15(6-4-14)20(2)9-10-21/h3-8,11-12,19,21H,9-10H2,1-2H3. The zero-order valence-electron chi connectivity index (χ0n) is 12.3. The third-order valence-corrected chi connectivity index (χ3v) is 3.58. The van der Waals surface area contributed by atoms with Gasteiger partial charge in [-0.25, -0.2) is 4.98 Å². The van der Waals surface area contributed by atoms with Crippen LogP contribution in [0.2, 0.25) is 5.15 Å². The summed E-state index contributed by atoms with van der Waals surface area (Å²) in [5.41, 5.74) is 3.21. The molecule has 1 aromatic heterocycles. The molecule has 2 N–H and O–H groups in total. The van der Waals surface area contributed by atoms with Crippen LogP contribution in [0.25, 0.3) is 0 Å². The SMILES string of the molecule is CC(Nc1ccc(N(C)CCO)cc1)c1ccnc(Cl)c1. The van der Waals surface area contributed by atoms with Crippen LogP contribution in [0.15, 0.2) is 42.6 Å². The monoisotopic (exact) mass is 305 g/mol. The van der Waals surface area contributed by atoms with E-state index in [-0.39, 0.29) is 12.6 Å². The predicted octanol–water partition coefficient (Wildman–Crippen LogP) is 3.34. The Labute approximate surface area is 130 Å². The van der Waals surface area contributed by atoms with Crippen molar-refractivity contribution >= 4 is 23.0 Å². The van der Waals surface area contributed by atoms with Crippen LogP contribution in [0.5, 0.6) is 0 Å². The smallest absolute Gasteiger partial charge is 0.129 e. The molecule has 4 nitrogen and oxygen atoms in total. The summed E-state index contributed by atoms with van der Waals surface area (Å²) in [6.45, 7) is 2.85. The summed E-state index contributed by atoms with van der Waals surface area (Å²) in [5, 5.41) is 12.9. The lowest BCUT2D eigenvalue weighted by Gasteiger charge is -2.20. The molecule has 0 saturated carbocycles. The highest BCUT2D eigenvalue weighted by atomic mass is 35.5. The van der Waals surface area contributed by atoms with Crippen molar-refractivity contribution < 1.29 is 5.11 Å². The van der Waals surface area contributed by atoms with E-state index in [4.69, 9.17) is 16.7 Å². The van der Waals surface area contributed by atoms with Gasteiger partial charge in [-0.05, 0) is 48.9 Å². The Balaban J connectivity index is 2.03. The highest BCUT2D eigenvalue weighted by Gasteiger charge is 2.07. The average molecular weight is 306 g/mol. The maximum Gasteiger partial charge on any atom is 0.129 e. The van der Waals surface area contributed by atoms with Gasteiger partial charge in [0.1, 0.15) is 5.15 Å². The maximum absolute atomic E-state index is 8.95. The van der Waals surface area contributed by atoms with E-state index >= 15 is 0 Å². The highest BCUT2D eigenvalue weighted by molar-refractivity contribution is 6.29. The van der Waals surface area contributed by atoms with Gasteiger partial charge in [0.2, 0.25) is 0 Å². The first-order valence-electron chi connectivity index (χ1n) is 6.90. The first-order chi connectivity index (χ1) is 10.1. The molecule has 0 aliphatic rings. The number of aromatic nitrogens is 1. The van der Waals surface area contributed by atoms with Gasteiger partial charge < -0.3 is 15.3 Å². The van der Waals surface area contributed by atoms with E-state index in [0.29, 0.717) is 11.7 Å². The molecule has 0 spiro atoms. The van der Waals surface area contributed by atoms with Gasteiger partial charge in [0.25, 0.3) is 0 Å². The minimum atomic E-state index is 0.145. The van der Waals surface area contributed by atoms with Crippen molar-refractivity contribution in [3.8, 4) is 0 Å². The Morgan fingerprint density at radius 1 is 1.29 bits per heavy atom. The number of benzene rings is 1. The van der Waals surface area contributed by atoms with Crippen molar-refractivity contribution in [3.05, 3.63) is 53.3 Å². The minimum absolute atomic E-state index is 0.145. The molecule has 0 radical (unpaired) electrons. The van der Waals surface area contributed by atoms with E-state index in [1.54, 1.807) is 6.20 Å². The fraction of sp³-hybridized carbons (Fsp3) is 0.312. The van der Waals surface area contributed by atoms with E-state index in [0.717, 1.165) is 16.9 Å². The number of aliphatic hydroxyl groups is 1. The van der Waals surface area contributed by atoms with Crippen LogP contribution < -0.4 is 10.2 Å². The van der Waals surface area contributed by atoms with Crippen molar-refractivity contribution in [2.45, 2.75) is 13.0 Å². The normalized spacial score (nSPS) is 12.0. The summed E-state index contributed by atoms with van der Waals surface area (Å²) in [4.78, 5) is 6.00. The lowest BCUT2D eigenvalue weighted by molar-refractivity contribution is 0.304. The van der Waals surface area contributed by atoms with E-state index in [1.165, 1.54) is 0 Å². The van der Waals surface area contributed by atoms with Gasteiger partial charge in [-0.2, -0.15) is 0 Å². The van der Waals surface area contributed by atoms with Crippen LogP contribution in [0.1, 0.15) is 18.5 Å². The number of hydrogen-bond donors (Lipinski definition) is 2. The van der Waals surface area contributed by atoms with Gasteiger partial charge in [0.05, 0.1) is 6.61 Å². The number of nitrogens with zero attached hydrogens (tertiary/aromatic N) is 2. The van der Waals surface area contributed by atoms with E-state index < -0.39 is 0 Å². The van der Waals surface area contributed by atoms with Crippen LogP contribution in [0.4, 0.5) is 11.4 Å². The minimum Gasteiger partial charge on any atom is -0.395 e. The number of aliphatic hydroxyl groups excluding tert-OH is 1. The highest BCUT2D eigenvalue weighted by Crippen LogP contribution is 2.22. The third kappa shape index (κ3) is 4.34. The van der Waals surface area contributed by atoms with Gasteiger partial charge in [-0.15, -0.1) is 0 Å². The molecule has 1 heterocycles. The summed E-state index contributed by atoms with van der Waals surface area (Å²) in [6, 6.07) is 12.1. The third-order valence-electron chi connectivity index (χ3n) is 3.38. The second-order valence-corrected chi connectivity index (χ2v) is 5.36. The summed E-state index contributed by atoms with van der Waals surface area (Å²) >= 11 is 5.91. The molecule has 5 heteroatoms. The number of rotatable bonds is 6. The maximum atomic E-state index is 8.95. The quantitative estimate of drug-likeness (QED) is 0.804. The Bertz CT molecular complexity index is 574. The second kappa shape index (κ2) is 7.29. The molecule has 0 aliphatic heterocycles. The molecule has 0 saturated heterocycles. The van der Waals surface area contributed by atoms with E-state index in [9.17, 15) is 0 Å². The fourth-order valence-electron chi connectivity index (χ4n) is 2.11. The van der Waals surface area contributed by atoms with Gasteiger partial charge in [0, 0.05) is 37.2 Å². The zero-order valence-corrected chi connectivity index (χ0v) is 13.0. The Morgan fingerprint density at radius 2 is 2.00 bits per heavy atom. The predicted molar refractivity (Wildman–Crippen MR) is 88.1 cm³/mol. The summed E-state index contributed by atoms with van der Waals surface area (Å²) < 4.78 is 0. The van der Waals surface area contributed by atoms with Crippen molar-refractivity contribution in [1.29, 1.82) is 0 Å². The summed E-state index contributed by atoms with van der Waals surface area (Å²) in [6.07, 6.45) is 1.71. The Kier molecular flexibility index (Phi) is 5.42. The zero-order chi connectivity index (χ0) is 15.2. The van der Waals surface area contributed by atoms with Crippen molar-refractivity contribution in [2.75, 3.05) is 30.4 Å². The molecule has 2 rings (SSSR count). The molecule has 1 aromatic carbocycles. The van der Waals surface area contributed by atoms with Crippen LogP contribution in [-0.4, -0.2) is 30.3 Å². The largest absolute Gasteiger partial charge is 0.395 e. The molecule has 0 bridgehead atoms. The number of hydrogen-bond acceptors (Lipinski definition) is 4. The first kappa shape index (κ1) is 15.6. The molecule has 2 aromatic rings. The van der Waals surface area contributed by atoms with Crippen LogP contribution in [0.3, 0.4) is 0 Å². The molecule has 21 heavy (non-hydrogen) atoms. The van der Waals surface area contributed by atoms with Gasteiger partial charge in [-0.1, -0.05) is 11.6 Å². The number of anilines is 2. The number of halogens is 1. The Hall–Kier alpha value is -1.78. The molecule has 0 aliphatic carbocycles. The molecule has 112 valence electrons. The van der Waals surface area contributed by atoms with Crippen molar-refractivity contribution in [2.24, 2.45) is 0 Å². The van der Waals surface area contributed by atoms with Crippen LogP contribution in [0, 0.1) is 0 Å². The lowest BCUT2D eigenvalue weighted by Crippen LogP contribution is -2.20. The molecule has 1 atom stereocenters. The molecular formula is C16H20ClN3O. The van der Waals surface area contributed by atoms with Crippen molar-refractivity contribution in [3.63, 3.8) is 0 Å². The average Bonchev–Trinajstić information content (AvgIpc) is 2.48. The second-order valence-electron chi connectivity index (χ2n) is 4.97. The van der Waals surface area contributed by atoms with E-state index in [1.807, 2.05) is 48.3 Å². The fourth-order valence-corrected chi connectivity index (χ4v) is 2.29. The van der Waals surface area contributed by atoms with Crippen LogP contribution in [-0.2, 0) is 0 Å². The molecule has 0 amide bonds. The van der Waals surface area contributed by atoms with Crippen LogP contribution >= 0.6 is 11.6 Å². The first-order valence-corrected chi connectivity index (χ1v) is 7.28. The molecule has 0 fully saturated rings. The number of nitrogens with one attached hydrogen (secondary N) is 1. The summed E-state index contributed by atoms with van der Waals surface area (Å²) in [5.74, 6) is 0.